The molecule has 0 saturated carbocycles. The van der Waals surface area contributed by atoms with Gasteiger partial charge in [0.25, 0.3) is 0 Å². The lowest BCUT2D eigenvalue weighted by molar-refractivity contribution is -0.139. The highest BCUT2D eigenvalue weighted by Gasteiger charge is 2.18. The molecule has 0 saturated heterocycles. The van der Waals surface area contributed by atoms with E-state index in [4.69, 9.17) is 10.2 Å². The maximum absolute atomic E-state index is 11.4. The summed E-state index contributed by atoms with van der Waals surface area (Å²) in [6, 6.07) is -1.65. The Hall–Kier alpha value is -2.09. The molecule has 0 aliphatic carbocycles. The smallest absolute Gasteiger partial charge is 0.326 e. The molecule has 8 heteroatoms. The number of rotatable bonds is 7. The predicted molar refractivity (Wildman–Crippen MR) is 61.9 cm³/mol. The number of aromatic nitrogens is 2. The number of aliphatic hydroxyl groups is 1. The average Bonchev–Trinajstić information content (AvgIpc) is 2.81. The molecule has 18 heavy (non-hydrogen) atoms. The van der Waals surface area contributed by atoms with Crippen LogP contribution in [0.25, 0.3) is 0 Å². The van der Waals surface area contributed by atoms with Crippen molar-refractivity contribution in [2.24, 2.45) is 0 Å². The van der Waals surface area contributed by atoms with Crippen LogP contribution in [0.1, 0.15) is 6.42 Å². The third-order valence-electron chi connectivity index (χ3n) is 2.24. The second kappa shape index (κ2) is 7.28. The molecule has 0 spiro atoms. The largest absolute Gasteiger partial charge is 0.480 e. The van der Waals surface area contributed by atoms with Gasteiger partial charge in [0.05, 0.1) is 6.33 Å². The van der Waals surface area contributed by atoms with Crippen LogP contribution in [-0.2, 0) is 11.3 Å². The zero-order valence-electron chi connectivity index (χ0n) is 9.74. The summed E-state index contributed by atoms with van der Waals surface area (Å²) in [5.41, 5.74) is 0. The molecule has 8 nitrogen and oxygen atoms in total. The number of hydrogen-bond donors (Lipinski definition) is 4. The molecule has 1 aromatic heterocycles. The van der Waals surface area contributed by atoms with Crippen LogP contribution < -0.4 is 10.6 Å². The van der Waals surface area contributed by atoms with Crippen LogP contribution in [0.15, 0.2) is 18.7 Å². The van der Waals surface area contributed by atoms with Crippen molar-refractivity contribution in [3.05, 3.63) is 18.7 Å². The minimum atomic E-state index is -1.17. The number of nitrogens with one attached hydrogen (secondary N) is 2. The van der Waals surface area contributed by atoms with E-state index in [0.29, 0.717) is 13.1 Å². The van der Waals surface area contributed by atoms with Crippen LogP contribution in [0.4, 0.5) is 4.79 Å². The topological polar surface area (TPSA) is 116 Å². The number of carbonyl (C=O) groups excluding carboxylic acids is 1. The molecule has 0 aliphatic heterocycles. The minimum absolute atomic E-state index is 0.0235. The van der Waals surface area contributed by atoms with Gasteiger partial charge in [0, 0.05) is 38.5 Å². The quantitative estimate of drug-likeness (QED) is 0.500. The van der Waals surface area contributed by atoms with Gasteiger partial charge in [-0.15, -0.1) is 0 Å². The van der Waals surface area contributed by atoms with Crippen molar-refractivity contribution in [3.8, 4) is 0 Å². The Kier molecular flexibility index (Phi) is 5.65. The molecule has 1 rings (SSSR count). The summed E-state index contributed by atoms with van der Waals surface area (Å²) in [5, 5.41) is 22.2. The highest BCUT2D eigenvalue weighted by atomic mass is 16.4. The molecule has 0 bridgehead atoms. The number of carbonyl (C=O) groups is 2. The summed E-state index contributed by atoms with van der Waals surface area (Å²) in [6.07, 6.45) is 4.98. The first-order valence-electron chi connectivity index (χ1n) is 5.47. The van der Waals surface area contributed by atoms with Crippen LogP contribution in [-0.4, -0.2) is 51.0 Å². The van der Waals surface area contributed by atoms with Gasteiger partial charge in [0.2, 0.25) is 0 Å². The molecule has 1 aromatic rings. The zero-order chi connectivity index (χ0) is 13.4. The lowest BCUT2D eigenvalue weighted by Crippen LogP contribution is -2.47. The van der Waals surface area contributed by atoms with Gasteiger partial charge in [-0.2, -0.15) is 0 Å². The first kappa shape index (κ1) is 14.0. The Morgan fingerprint density at radius 2 is 2.22 bits per heavy atom. The number of hydrogen-bond acceptors (Lipinski definition) is 4. The number of urea groups is 1. The summed E-state index contributed by atoms with van der Waals surface area (Å²) in [4.78, 5) is 25.9. The minimum Gasteiger partial charge on any atom is -0.480 e. The van der Waals surface area contributed by atoms with E-state index in [2.05, 4.69) is 15.6 Å². The van der Waals surface area contributed by atoms with Crippen molar-refractivity contribution < 1.29 is 19.8 Å². The van der Waals surface area contributed by atoms with Gasteiger partial charge in [0.15, 0.2) is 0 Å². The second-order valence-electron chi connectivity index (χ2n) is 3.60. The monoisotopic (exact) mass is 256 g/mol. The third kappa shape index (κ3) is 4.83. The standard InChI is InChI=1S/C10H16N4O4/c15-6-1-8(9(16)17)13-10(18)12-3-5-14-4-2-11-7-14/h2,4,7-8,15H,1,3,5-6H2,(H,16,17)(H2,12,13,18)/t8-/m0/s1. The summed E-state index contributed by atoms with van der Waals surface area (Å²) < 4.78 is 1.78. The van der Waals surface area contributed by atoms with Gasteiger partial charge in [-0.25, -0.2) is 14.6 Å². The number of nitrogens with zero attached hydrogens (tertiary/aromatic N) is 2. The van der Waals surface area contributed by atoms with Crippen molar-refractivity contribution >= 4 is 12.0 Å². The SMILES string of the molecule is O=C(NCCn1ccnc1)N[C@@H](CCO)C(=O)O. The molecule has 0 fully saturated rings. The molecule has 1 heterocycles. The number of amides is 2. The molecule has 0 radical (unpaired) electrons. The van der Waals surface area contributed by atoms with E-state index >= 15 is 0 Å². The van der Waals surface area contributed by atoms with E-state index in [1.54, 1.807) is 23.3 Å². The number of aliphatic hydroxyl groups excluding tert-OH is 1. The number of aliphatic carboxylic acids is 1. The van der Waals surface area contributed by atoms with Gasteiger partial charge in [-0.1, -0.05) is 0 Å². The molecular weight excluding hydrogens is 240 g/mol. The first-order chi connectivity index (χ1) is 8.63. The van der Waals surface area contributed by atoms with Crippen molar-refractivity contribution in [3.63, 3.8) is 0 Å². The van der Waals surface area contributed by atoms with Gasteiger partial charge in [-0.3, -0.25) is 0 Å². The maximum atomic E-state index is 11.4. The summed E-state index contributed by atoms with van der Waals surface area (Å²) in [7, 11) is 0. The fraction of sp³-hybridized carbons (Fsp3) is 0.500. The Bertz CT molecular complexity index is 379. The van der Waals surface area contributed by atoms with E-state index in [0.717, 1.165) is 0 Å². The molecule has 100 valence electrons. The fourth-order valence-electron chi connectivity index (χ4n) is 1.31. The lowest BCUT2D eigenvalue weighted by atomic mass is 10.2. The fourth-order valence-corrected chi connectivity index (χ4v) is 1.31. The van der Waals surface area contributed by atoms with Crippen molar-refractivity contribution in [1.29, 1.82) is 0 Å². The first-order valence-corrected chi connectivity index (χ1v) is 5.47. The molecule has 0 aliphatic rings. The van der Waals surface area contributed by atoms with Crippen LogP contribution in [0.2, 0.25) is 0 Å². The average molecular weight is 256 g/mol. The van der Waals surface area contributed by atoms with Crippen LogP contribution >= 0.6 is 0 Å². The molecule has 1 atom stereocenters. The summed E-state index contributed by atoms with van der Waals surface area (Å²) in [6.45, 7) is 0.602. The van der Waals surface area contributed by atoms with Crippen LogP contribution in [0.5, 0.6) is 0 Å². The lowest BCUT2D eigenvalue weighted by Gasteiger charge is -2.14. The van der Waals surface area contributed by atoms with Crippen molar-refractivity contribution in [2.75, 3.05) is 13.2 Å². The number of carboxylic acids is 1. The summed E-state index contributed by atoms with van der Waals surface area (Å²) >= 11 is 0. The van der Waals surface area contributed by atoms with Crippen LogP contribution in [0.3, 0.4) is 0 Å². The predicted octanol–water partition coefficient (Wildman–Crippen LogP) is -0.982. The Morgan fingerprint density at radius 1 is 1.44 bits per heavy atom. The molecule has 4 N–H and O–H groups in total. The van der Waals surface area contributed by atoms with Gasteiger partial charge < -0.3 is 25.4 Å². The van der Waals surface area contributed by atoms with Gasteiger partial charge >= 0.3 is 12.0 Å². The number of carboxylic acid groups (broad SMARTS) is 1. The second-order valence-corrected chi connectivity index (χ2v) is 3.60. The molecule has 2 amide bonds. The Labute approximate surface area is 104 Å². The van der Waals surface area contributed by atoms with Crippen LogP contribution in [0, 0.1) is 0 Å². The number of imidazole rings is 1. The molecule has 0 unspecified atom stereocenters. The van der Waals surface area contributed by atoms with E-state index in [9.17, 15) is 9.59 Å². The van der Waals surface area contributed by atoms with Crippen molar-refractivity contribution in [2.45, 2.75) is 19.0 Å². The highest BCUT2D eigenvalue weighted by molar-refractivity contribution is 5.82. The molecule has 0 aromatic carbocycles. The Balaban J connectivity index is 2.25. The van der Waals surface area contributed by atoms with Crippen molar-refractivity contribution in [1.82, 2.24) is 20.2 Å². The Morgan fingerprint density at radius 3 is 2.78 bits per heavy atom. The van der Waals surface area contributed by atoms with E-state index < -0.39 is 18.0 Å². The van der Waals surface area contributed by atoms with E-state index in [1.165, 1.54) is 0 Å². The highest BCUT2D eigenvalue weighted by Crippen LogP contribution is 1.91. The third-order valence-corrected chi connectivity index (χ3v) is 2.24. The van der Waals surface area contributed by atoms with Gasteiger partial charge in [0.1, 0.15) is 6.04 Å². The normalized spacial score (nSPS) is 11.8. The summed E-state index contributed by atoms with van der Waals surface area (Å²) in [5.74, 6) is -1.17. The zero-order valence-corrected chi connectivity index (χ0v) is 9.74. The molecular formula is C10H16N4O4. The van der Waals surface area contributed by atoms with E-state index in [-0.39, 0.29) is 13.0 Å². The maximum Gasteiger partial charge on any atom is 0.326 e. The van der Waals surface area contributed by atoms with Gasteiger partial charge in [-0.05, 0) is 0 Å². The van der Waals surface area contributed by atoms with E-state index in [1.807, 2.05) is 0 Å².